The Morgan fingerprint density at radius 2 is 2.29 bits per heavy atom. The average molecular weight is 235 g/mol. The van der Waals surface area contributed by atoms with Crippen LogP contribution in [0.1, 0.15) is 45.4 Å². The molecule has 3 aliphatic rings. The first kappa shape index (κ1) is 11.2. The van der Waals surface area contributed by atoms with Crippen molar-refractivity contribution < 1.29 is 4.92 Å². The van der Waals surface area contributed by atoms with Gasteiger partial charge in [0.1, 0.15) is 0 Å². The highest BCUT2D eigenvalue weighted by Crippen LogP contribution is 2.60. The van der Waals surface area contributed by atoms with Crippen LogP contribution in [0.25, 0.3) is 0 Å². The molecule has 0 heterocycles. The average Bonchev–Trinajstić information content (AvgIpc) is 2.42. The molecule has 94 valence electrons. The Morgan fingerprint density at radius 3 is 2.88 bits per heavy atom. The van der Waals surface area contributed by atoms with Gasteiger partial charge in [0, 0.05) is 10.8 Å². The molecule has 0 aromatic rings. The second-order valence-corrected chi connectivity index (χ2v) is 6.66. The fourth-order valence-corrected chi connectivity index (χ4v) is 4.21. The Kier molecular flexibility index (Phi) is 2.53. The summed E-state index contributed by atoms with van der Waals surface area (Å²) in [5.74, 6) is 1.74. The van der Waals surface area contributed by atoms with E-state index in [1.54, 1.807) is 5.57 Å². The quantitative estimate of drug-likeness (QED) is 0.425. The van der Waals surface area contributed by atoms with Crippen LogP contribution in [-0.2, 0) is 0 Å². The topological polar surface area (TPSA) is 43.1 Å². The molecule has 0 aliphatic heterocycles. The third-order valence-corrected chi connectivity index (χ3v) is 5.25. The smallest absolute Gasteiger partial charge is 0.207 e. The zero-order chi connectivity index (χ0) is 12.0. The van der Waals surface area contributed by atoms with Crippen LogP contribution in [0.15, 0.2) is 11.6 Å². The molecule has 0 amide bonds. The Bertz CT molecular complexity index is 372. The van der Waals surface area contributed by atoms with E-state index in [-0.39, 0.29) is 11.5 Å². The zero-order valence-electron chi connectivity index (χ0n) is 10.5. The molecule has 0 spiro atoms. The lowest BCUT2D eigenvalue weighted by Crippen LogP contribution is -2.45. The monoisotopic (exact) mass is 235 g/mol. The largest absolute Gasteiger partial charge is 0.265 e. The van der Waals surface area contributed by atoms with Crippen molar-refractivity contribution in [2.75, 3.05) is 6.54 Å². The summed E-state index contributed by atoms with van der Waals surface area (Å²) in [6.45, 7) is 2.49. The Balaban J connectivity index is 1.62. The van der Waals surface area contributed by atoms with Gasteiger partial charge in [0.25, 0.3) is 0 Å². The molecule has 3 aliphatic carbocycles. The molecule has 0 bridgehead atoms. The molecule has 0 saturated heterocycles. The van der Waals surface area contributed by atoms with Crippen molar-refractivity contribution in [2.24, 2.45) is 23.2 Å². The second-order valence-electron chi connectivity index (χ2n) is 6.66. The van der Waals surface area contributed by atoms with E-state index in [9.17, 15) is 10.1 Å². The van der Waals surface area contributed by atoms with Crippen molar-refractivity contribution in [2.45, 2.75) is 45.4 Å². The number of nitrogens with zero attached hydrogens (tertiary/aromatic N) is 1. The molecule has 0 aromatic heterocycles. The molecule has 17 heavy (non-hydrogen) atoms. The van der Waals surface area contributed by atoms with E-state index < -0.39 is 0 Å². The van der Waals surface area contributed by atoms with Crippen LogP contribution >= 0.6 is 0 Å². The minimum atomic E-state index is -0.137. The van der Waals surface area contributed by atoms with Gasteiger partial charge in [-0.05, 0) is 36.5 Å². The van der Waals surface area contributed by atoms with Gasteiger partial charge in [-0.15, -0.1) is 0 Å². The molecule has 0 unspecified atom stereocenters. The van der Waals surface area contributed by atoms with Crippen LogP contribution in [0.4, 0.5) is 0 Å². The van der Waals surface area contributed by atoms with E-state index in [1.807, 2.05) is 0 Å². The molecule has 3 atom stereocenters. The maximum atomic E-state index is 10.6. The van der Waals surface area contributed by atoms with E-state index in [4.69, 9.17) is 0 Å². The highest BCUT2D eigenvalue weighted by Gasteiger charge is 2.54. The van der Waals surface area contributed by atoms with Crippen molar-refractivity contribution in [1.29, 1.82) is 0 Å². The van der Waals surface area contributed by atoms with Gasteiger partial charge in [-0.25, -0.2) is 0 Å². The highest BCUT2D eigenvalue weighted by molar-refractivity contribution is 5.24. The first-order valence-electron chi connectivity index (χ1n) is 6.88. The van der Waals surface area contributed by atoms with Crippen molar-refractivity contribution in [3.63, 3.8) is 0 Å². The predicted molar refractivity (Wildman–Crippen MR) is 66.2 cm³/mol. The van der Waals surface area contributed by atoms with Gasteiger partial charge >= 0.3 is 0 Å². The van der Waals surface area contributed by atoms with Gasteiger partial charge in [0.05, 0.1) is 0 Å². The SMILES string of the molecule is C[C@@]12CC(CC3CCC3)=C[C@@H]1[C@@H](C[N+](=O)[O-])C2. The van der Waals surface area contributed by atoms with Crippen molar-refractivity contribution in [1.82, 2.24) is 0 Å². The summed E-state index contributed by atoms with van der Waals surface area (Å²) < 4.78 is 0. The van der Waals surface area contributed by atoms with Crippen molar-refractivity contribution in [3.05, 3.63) is 21.8 Å². The van der Waals surface area contributed by atoms with E-state index in [1.165, 1.54) is 32.1 Å². The summed E-state index contributed by atoms with van der Waals surface area (Å²) in [4.78, 5) is 10.5. The zero-order valence-corrected chi connectivity index (χ0v) is 10.5. The second kappa shape index (κ2) is 3.82. The molecular formula is C14H21NO2. The van der Waals surface area contributed by atoms with Crippen LogP contribution < -0.4 is 0 Å². The summed E-state index contributed by atoms with van der Waals surface area (Å²) in [7, 11) is 0. The first-order chi connectivity index (χ1) is 8.07. The standard InChI is InChI=1S/C14H21NO2/c1-14-7-11(5-10-3-2-4-10)6-13(14)12(8-14)9-15(16)17/h6,10,12-13H,2-5,7-9H2,1H3/t12-,13-,14+/m1/s1. The van der Waals surface area contributed by atoms with Crippen molar-refractivity contribution >= 4 is 0 Å². The van der Waals surface area contributed by atoms with Crippen LogP contribution in [0.2, 0.25) is 0 Å². The summed E-state index contributed by atoms with van der Waals surface area (Å²) in [5.41, 5.74) is 1.98. The molecule has 3 heteroatoms. The molecule has 0 radical (unpaired) electrons. The summed E-state index contributed by atoms with van der Waals surface area (Å²) in [6, 6.07) is 0. The third-order valence-electron chi connectivity index (χ3n) is 5.25. The van der Waals surface area contributed by atoms with Gasteiger partial charge < -0.3 is 0 Å². The minimum Gasteiger partial charge on any atom is -0.265 e. The molecule has 0 N–H and O–H groups in total. The first-order valence-corrected chi connectivity index (χ1v) is 6.88. The third kappa shape index (κ3) is 1.90. The van der Waals surface area contributed by atoms with Gasteiger partial charge in [-0.2, -0.15) is 0 Å². The number of hydrogen-bond acceptors (Lipinski definition) is 2. The summed E-state index contributed by atoms with van der Waals surface area (Å²) >= 11 is 0. The lowest BCUT2D eigenvalue weighted by molar-refractivity contribution is -0.495. The minimum absolute atomic E-state index is 0.137. The predicted octanol–water partition coefficient (Wildman–Crippen LogP) is 3.43. The fourth-order valence-electron chi connectivity index (χ4n) is 4.21. The number of fused-ring (bicyclic) bond motifs is 1. The van der Waals surface area contributed by atoms with Crippen LogP contribution in [0.5, 0.6) is 0 Å². The lowest BCUT2D eigenvalue weighted by atomic mass is 9.56. The number of allylic oxidation sites excluding steroid dienone is 2. The van der Waals surface area contributed by atoms with Gasteiger partial charge in [-0.1, -0.05) is 37.8 Å². The molecule has 3 nitrogen and oxygen atoms in total. The number of nitro groups is 1. The number of hydrogen-bond donors (Lipinski definition) is 0. The van der Waals surface area contributed by atoms with E-state index in [2.05, 4.69) is 13.0 Å². The van der Waals surface area contributed by atoms with E-state index in [0.717, 1.165) is 12.3 Å². The van der Waals surface area contributed by atoms with Crippen LogP contribution in [0.3, 0.4) is 0 Å². The maximum Gasteiger partial charge on any atom is 0.207 e. The van der Waals surface area contributed by atoms with Gasteiger partial charge in [0.15, 0.2) is 0 Å². The Labute approximate surface area is 102 Å². The van der Waals surface area contributed by atoms with Crippen LogP contribution in [-0.4, -0.2) is 11.5 Å². The molecule has 2 saturated carbocycles. The fraction of sp³-hybridized carbons (Fsp3) is 0.857. The van der Waals surface area contributed by atoms with Crippen LogP contribution in [0, 0.1) is 33.3 Å². The number of rotatable bonds is 4. The molecule has 2 fully saturated rings. The highest BCUT2D eigenvalue weighted by atomic mass is 16.6. The van der Waals surface area contributed by atoms with Gasteiger partial charge in [-0.3, -0.25) is 10.1 Å². The van der Waals surface area contributed by atoms with Gasteiger partial charge in [0.2, 0.25) is 6.54 Å². The normalized spacial score (nSPS) is 40.2. The lowest BCUT2D eigenvalue weighted by Gasteiger charge is -2.47. The Hall–Kier alpha value is -0.860. The maximum absolute atomic E-state index is 10.6. The van der Waals surface area contributed by atoms with Crippen molar-refractivity contribution in [3.8, 4) is 0 Å². The van der Waals surface area contributed by atoms with E-state index in [0.29, 0.717) is 17.3 Å². The molecule has 3 rings (SSSR count). The summed E-state index contributed by atoms with van der Waals surface area (Å²) in [6.07, 6.45) is 10.1. The Morgan fingerprint density at radius 1 is 1.53 bits per heavy atom. The summed E-state index contributed by atoms with van der Waals surface area (Å²) in [5, 5.41) is 10.6. The molecule has 0 aromatic carbocycles. The van der Waals surface area contributed by atoms with E-state index >= 15 is 0 Å². The molecular weight excluding hydrogens is 214 g/mol.